The van der Waals surface area contributed by atoms with Crippen LogP contribution in [0.5, 0.6) is 0 Å². The van der Waals surface area contributed by atoms with E-state index in [4.69, 9.17) is 0 Å². The molecule has 0 fully saturated rings. The van der Waals surface area contributed by atoms with Gasteiger partial charge in [0.2, 0.25) is 10.0 Å². The quantitative estimate of drug-likeness (QED) is 0.641. The molecule has 0 aromatic carbocycles. The molecule has 0 aromatic rings. The number of hydrogen-bond acceptors (Lipinski definition) is 3. The molecule has 74 valence electrons. The Balaban J connectivity index is 3.12. The maximum atomic E-state index is 10.6. The third kappa shape index (κ3) is 10.3. The summed E-state index contributed by atoms with van der Waals surface area (Å²) in [5.74, 6) is 1.17. The summed E-state index contributed by atoms with van der Waals surface area (Å²) >= 11 is 1.83. The largest absolute Gasteiger partial charge is 0.215 e. The van der Waals surface area contributed by atoms with Crippen LogP contribution in [0.4, 0.5) is 0 Å². The van der Waals surface area contributed by atoms with Crippen LogP contribution in [0.15, 0.2) is 0 Å². The molecule has 0 atom stereocenters. The van der Waals surface area contributed by atoms with Crippen molar-refractivity contribution in [3.63, 3.8) is 0 Å². The van der Waals surface area contributed by atoms with E-state index < -0.39 is 10.0 Å². The molecule has 0 aliphatic heterocycles. The average molecular weight is 211 g/mol. The number of hydrogen-bond donors (Lipinski definition) is 1. The summed E-state index contributed by atoms with van der Waals surface area (Å²) in [6, 6.07) is 0. The van der Waals surface area contributed by atoms with Crippen molar-refractivity contribution >= 4 is 21.8 Å². The summed E-state index contributed by atoms with van der Waals surface area (Å²) in [7, 11) is -2.97. The summed E-state index contributed by atoms with van der Waals surface area (Å²) in [5, 5.41) is 0. The van der Waals surface area contributed by atoms with Crippen molar-refractivity contribution in [1.82, 2.24) is 4.72 Å². The highest BCUT2D eigenvalue weighted by molar-refractivity contribution is 7.98. The van der Waals surface area contributed by atoms with E-state index in [0.717, 1.165) is 12.8 Å². The van der Waals surface area contributed by atoms with E-state index in [2.05, 4.69) is 11.0 Å². The van der Waals surface area contributed by atoms with Gasteiger partial charge >= 0.3 is 0 Å². The maximum Gasteiger partial charge on any atom is 0.208 e. The normalized spacial score (nSPS) is 11.8. The van der Waals surface area contributed by atoms with Crippen LogP contribution in [0.25, 0.3) is 0 Å². The van der Waals surface area contributed by atoms with Gasteiger partial charge in [-0.2, -0.15) is 11.8 Å². The zero-order valence-corrected chi connectivity index (χ0v) is 9.30. The van der Waals surface area contributed by atoms with Gasteiger partial charge in [0.1, 0.15) is 0 Å². The molecule has 0 aliphatic rings. The molecule has 0 unspecified atom stereocenters. The monoisotopic (exact) mass is 211 g/mol. The Hall–Kier alpha value is 0.260. The van der Waals surface area contributed by atoms with E-state index in [1.165, 1.54) is 18.4 Å². The number of unbranched alkanes of at least 4 members (excludes halogenated alkanes) is 2. The lowest BCUT2D eigenvalue weighted by Crippen LogP contribution is -2.22. The SMILES string of the molecule is CSCCCCCNS(C)(=O)=O. The molecule has 0 saturated carbocycles. The summed E-state index contributed by atoms with van der Waals surface area (Å²) in [6.45, 7) is 0.577. The Labute approximate surface area is 79.4 Å². The van der Waals surface area contributed by atoms with Gasteiger partial charge in [-0.3, -0.25) is 0 Å². The van der Waals surface area contributed by atoms with Crippen molar-refractivity contribution < 1.29 is 8.42 Å². The second-order valence-electron chi connectivity index (χ2n) is 2.72. The number of nitrogens with one attached hydrogen (secondary N) is 1. The third-order valence-corrected chi connectivity index (χ3v) is 2.81. The van der Waals surface area contributed by atoms with Crippen molar-refractivity contribution in [2.45, 2.75) is 19.3 Å². The van der Waals surface area contributed by atoms with Crippen LogP contribution in [-0.2, 0) is 10.0 Å². The van der Waals surface area contributed by atoms with Gasteiger partial charge in [0.05, 0.1) is 6.26 Å². The van der Waals surface area contributed by atoms with Gasteiger partial charge in [0.15, 0.2) is 0 Å². The van der Waals surface area contributed by atoms with E-state index >= 15 is 0 Å². The fourth-order valence-corrected chi connectivity index (χ4v) is 1.81. The molecule has 1 N–H and O–H groups in total. The molecule has 0 aromatic heterocycles. The highest BCUT2D eigenvalue weighted by atomic mass is 32.2. The zero-order chi connectivity index (χ0) is 9.45. The van der Waals surface area contributed by atoms with Crippen LogP contribution < -0.4 is 4.72 Å². The number of sulfonamides is 1. The van der Waals surface area contributed by atoms with Crippen molar-refractivity contribution in [3.05, 3.63) is 0 Å². The van der Waals surface area contributed by atoms with Crippen molar-refractivity contribution in [2.75, 3.05) is 24.8 Å². The number of thioether (sulfide) groups is 1. The molecule has 0 bridgehead atoms. The highest BCUT2D eigenvalue weighted by Crippen LogP contribution is 2.01. The molecule has 0 amide bonds. The van der Waals surface area contributed by atoms with Crippen LogP contribution in [0, 0.1) is 0 Å². The first kappa shape index (κ1) is 12.3. The van der Waals surface area contributed by atoms with Crippen LogP contribution in [0.2, 0.25) is 0 Å². The van der Waals surface area contributed by atoms with Crippen molar-refractivity contribution in [3.8, 4) is 0 Å². The van der Waals surface area contributed by atoms with Gasteiger partial charge in [-0.25, -0.2) is 13.1 Å². The first-order valence-corrected chi connectivity index (χ1v) is 7.28. The molecular weight excluding hydrogens is 194 g/mol. The van der Waals surface area contributed by atoms with E-state index in [1.807, 2.05) is 11.8 Å². The molecular formula is C7H17NO2S2. The summed E-state index contributed by atoms with van der Waals surface area (Å²) in [5.41, 5.74) is 0. The molecule has 0 aliphatic carbocycles. The Morgan fingerprint density at radius 1 is 1.25 bits per heavy atom. The van der Waals surface area contributed by atoms with Crippen molar-refractivity contribution in [2.24, 2.45) is 0 Å². The van der Waals surface area contributed by atoms with E-state index in [1.54, 1.807) is 0 Å². The van der Waals surface area contributed by atoms with Gasteiger partial charge < -0.3 is 0 Å². The Bertz CT molecular complexity index is 190. The minimum atomic E-state index is -2.97. The van der Waals surface area contributed by atoms with Crippen LogP contribution in [0.3, 0.4) is 0 Å². The predicted octanol–water partition coefficient (Wildman–Crippen LogP) is 1.07. The van der Waals surface area contributed by atoms with Gasteiger partial charge in [-0.1, -0.05) is 6.42 Å². The average Bonchev–Trinajstić information content (AvgIpc) is 1.94. The smallest absolute Gasteiger partial charge is 0.208 e. The first-order chi connectivity index (χ1) is 5.56. The fourth-order valence-electron chi connectivity index (χ4n) is 0.806. The minimum Gasteiger partial charge on any atom is -0.215 e. The van der Waals surface area contributed by atoms with Gasteiger partial charge in [0, 0.05) is 6.54 Å². The fraction of sp³-hybridized carbons (Fsp3) is 1.00. The van der Waals surface area contributed by atoms with Crippen molar-refractivity contribution in [1.29, 1.82) is 0 Å². The molecule has 0 saturated heterocycles. The molecule has 0 heterocycles. The highest BCUT2D eigenvalue weighted by Gasteiger charge is 1.97. The summed E-state index contributed by atoms with van der Waals surface area (Å²) < 4.78 is 23.7. The molecule has 12 heavy (non-hydrogen) atoms. The van der Waals surface area contributed by atoms with Gasteiger partial charge in [-0.05, 0) is 24.9 Å². The Kier molecular flexibility index (Phi) is 6.89. The standard InChI is InChI=1S/C7H17NO2S2/c1-11-7-5-3-4-6-8-12(2,9)10/h8H,3-7H2,1-2H3. The molecule has 0 spiro atoms. The lowest BCUT2D eigenvalue weighted by Gasteiger charge is -2.01. The Morgan fingerprint density at radius 2 is 1.92 bits per heavy atom. The second-order valence-corrected chi connectivity index (χ2v) is 5.54. The predicted molar refractivity (Wildman–Crippen MR) is 55.1 cm³/mol. The molecule has 0 rings (SSSR count). The molecule has 3 nitrogen and oxygen atoms in total. The topological polar surface area (TPSA) is 46.2 Å². The van der Waals surface area contributed by atoms with Crippen LogP contribution in [-0.4, -0.2) is 33.2 Å². The van der Waals surface area contributed by atoms with Crippen LogP contribution in [0.1, 0.15) is 19.3 Å². The van der Waals surface area contributed by atoms with E-state index in [-0.39, 0.29) is 0 Å². The van der Waals surface area contributed by atoms with E-state index in [0.29, 0.717) is 6.54 Å². The lowest BCUT2D eigenvalue weighted by molar-refractivity contribution is 0.582. The lowest BCUT2D eigenvalue weighted by atomic mass is 10.2. The van der Waals surface area contributed by atoms with Gasteiger partial charge in [-0.15, -0.1) is 0 Å². The summed E-state index contributed by atoms with van der Waals surface area (Å²) in [6.07, 6.45) is 6.48. The second kappa shape index (κ2) is 6.74. The molecule has 5 heteroatoms. The third-order valence-electron chi connectivity index (χ3n) is 1.39. The summed E-state index contributed by atoms with van der Waals surface area (Å²) in [4.78, 5) is 0. The van der Waals surface area contributed by atoms with Gasteiger partial charge in [0.25, 0.3) is 0 Å². The number of rotatable bonds is 7. The van der Waals surface area contributed by atoms with E-state index in [9.17, 15) is 8.42 Å². The zero-order valence-electron chi connectivity index (χ0n) is 7.67. The first-order valence-electron chi connectivity index (χ1n) is 4.00. The Morgan fingerprint density at radius 3 is 2.42 bits per heavy atom. The van der Waals surface area contributed by atoms with Crippen LogP contribution >= 0.6 is 11.8 Å². The minimum absolute atomic E-state index is 0.577. The molecule has 0 radical (unpaired) electrons. The maximum absolute atomic E-state index is 10.6.